The number of rotatable bonds is 6. The number of methoxy groups -OCH3 is 2. The third kappa shape index (κ3) is 4.02. The molecule has 20 heavy (non-hydrogen) atoms. The third-order valence-electron chi connectivity index (χ3n) is 2.39. The van der Waals surface area contributed by atoms with Gasteiger partial charge in [-0.2, -0.15) is 13.2 Å². The van der Waals surface area contributed by atoms with Crippen molar-refractivity contribution >= 4 is 5.97 Å². The number of carbonyl (C=O) groups is 1. The van der Waals surface area contributed by atoms with Crippen LogP contribution < -0.4 is 9.47 Å². The van der Waals surface area contributed by atoms with Gasteiger partial charge in [0.25, 0.3) is 0 Å². The normalized spacial score (nSPS) is 12.8. The van der Waals surface area contributed by atoms with Crippen molar-refractivity contribution in [3.8, 4) is 11.5 Å². The average Bonchev–Trinajstić information content (AvgIpc) is 2.36. The first-order valence-electron chi connectivity index (χ1n) is 5.41. The van der Waals surface area contributed by atoms with Crippen molar-refractivity contribution in [3.63, 3.8) is 0 Å². The number of benzene rings is 1. The Morgan fingerprint density at radius 3 is 2.40 bits per heavy atom. The molecule has 1 rings (SSSR count). The molecule has 0 saturated heterocycles. The van der Waals surface area contributed by atoms with Crippen molar-refractivity contribution in [1.82, 2.24) is 0 Å². The molecule has 0 aliphatic heterocycles. The van der Waals surface area contributed by atoms with Gasteiger partial charge < -0.3 is 19.3 Å². The molecule has 0 bridgehead atoms. The van der Waals surface area contributed by atoms with Crippen LogP contribution in [-0.2, 0) is 9.53 Å². The molecule has 1 aromatic rings. The largest absolute Gasteiger partial charge is 0.497 e. The van der Waals surface area contributed by atoms with Gasteiger partial charge in [0, 0.05) is 5.56 Å². The minimum Gasteiger partial charge on any atom is -0.497 e. The molecule has 0 amide bonds. The van der Waals surface area contributed by atoms with Crippen LogP contribution in [-0.4, -0.2) is 38.1 Å². The van der Waals surface area contributed by atoms with Gasteiger partial charge in [0.15, 0.2) is 6.10 Å². The van der Waals surface area contributed by atoms with Crippen LogP contribution in [0.1, 0.15) is 11.7 Å². The van der Waals surface area contributed by atoms with E-state index in [0.29, 0.717) is 0 Å². The quantitative estimate of drug-likeness (QED) is 0.872. The zero-order valence-corrected chi connectivity index (χ0v) is 10.7. The summed E-state index contributed by atoms with van der Waals surface area (Å²) in [6.45, 7) is -1.08. The summed E-state index contributed by atoms with van der Waals surface area (Å²) in [5, 5.41) is 8.45. The molecule has 8 heteroatoms. The molecule has 5 nitrogen and oxygen atoms in total. The highest BCUT2D eigenvalue weighted by Crippen LogP contribution is 2.41. The molecule has 0 saturated carbocycles. The van der Waals surface area contributed by atoms with Crippen molar-refractivity contribution < 1.29 is 37.3 Å². The Kier molecular flexibility index (Phi) is 5.20. The van der Waals surface area contributed by atoms with Gasteiger partial charge in [-0.25, -0.2) is 4.79 Å². The molecule has 0 radical (unpaired) electrons. The predicted octanol–water partition coefficient (Wildman–Crippen LogP) is 2.41. The van der Waals surface area contributed by atoms with Crippen LogP contribution in [0, 0.1) is 0 Å². The number of ether oxygens (including phenoxy) is 3. The van der Waals surface area contributed by atoms with Crippen LogP contribution in [0.15, 0.2) is 18.2 Å². The summed E-state index contributed by atoms with van der Waals surface area (Å²) in [6.07, 6.45) is -7.20. The number of aliphatic carboxylic acids is 1. The Morgan fingerprint density at radius 2 is 1.95 bits per heavy atom. The van der Waals surface area contributed by atoms with Gasteiger partial charge in [0.1, 0.15) is 18.1 Å². The number of hydrogen-bond donors (Lipinski definition) is 1. The summed E-state index contributed by atoms with van der Waals surface area (Å²) in [6, 6.07) is 3.81. The van der Waals surface area contributed by atoms with Gasteiger partial charge in [-0.05, 0) is 18.2 Å². The highest BCUT2D eigenvalue weighted by Gasteiger charge is 2.44. The van der Waals surface area contributed by atoms with Crippen LogP contribution in [0.25, 0.3) is 0 Å². The number of carboxylic acid groups (broad SMARTS) is 1. The fourth-order valence-electron chi connectivity index (χ4n) is 1.56. The first kappa shape index (κ1) is 16.1. The summed E-state index contributed by atoms with van der Waals surface area (Å²) in [5.74, 6) is -1.39. The van der Waals surface area contributed by atoms with E-state index in [1.54, 1.807) is 0 Å². The van der Waals surface area contributed by atoms with E-state index in [4.69, 9.17) is 14.6 Å². The Hall–Kier alpha value is -1.96. The fourth-order valence-corrected chi connectivity index (χ4v) is 1.56. The van der Waals surface area contributed by atoms with Crippen molar-refractivity contribution in [2.45, 2.75) is 12.3 Å². The Labute approximate surface area is 112 Å². The maximum atomic E-state index is 13.0. The van der Waals surface area contributed by atoms with Crippen molar-refractivity contribution in [3.05, 3.63) is 23.8 Å². The Morgan fingerprint density at radius 1 is 1.30 bits per heavy atom. The number of carboxylic acids is 1. The van der Waals surface area contributed by atoms with E-state index < -0.39 is 24.9 Å². The van der Waals surface area contributed by atoms with E-state index >= 15 is 0 Å². The molecule has 0 spiro atoms. The van der Waals surface area contributed by atoms with Crippen molar-refractivity contribution in [2.24, 2.45) is 0 Å². The van der Waals surface area contributed by atoms with E-state index in [2.05, 4.69) is 4.74 Å². The summed E-state index contributed by atoms with van der Waals surface area (Å²) in [7, 11) is 2.50. The topological polar surface area (TPSA) is 65.0 Å². The molecular weight excluding hydrogens is 281 g/mol. The van der Waals surface area contributed by atoms with Crippen LogP contribution in [0.4, 0.5) is 13.2 Å². The lowest BCUT2D eigenvalue weighted by molar-refractivity contribution is -0.225. The van der Waals surface area contributed by atoms with E-state index in [1.807, 2.05) is 0 Å². The lowest BCUT2D eigenvalue weighted by atomic mass is 10.1. The monoisotopic (exact) mass is 294 g/mol. The smallest absolute Gasteiger partial charge is 0.419 e. The first-order chi connectivity index (χ1) is 9.29. The Balaban J connectivity index is 3.20. The van der Waals surface area contributed by atoms with E-state index in [-0.39, 0.29) is 17.1 Å². The highest BCUT2D eigenvalue weighted by atomic mass is 19.4. The fraction of sp³-hybridized carbons (Fsp3) is 0.417. The van der Waals surface area contributed by atoms with Crippen LogP contribution >= 0.6 is 0 Å². The minimum atomic E-state index is -4.78. The SMILES string of the molecule is COc1ccc(OC)c([C@@H](OCC(=O)O)C(F)(F)F)c1. The van der Waals surface area contributed by atoms with Crippen molar-refractivity contribution in [1.29, 1.82) is 0 Å². The maximum absolute atomic E-state index is 13.0. The van der Waals surface area contributed by atoms with Gasteiger partial charge in [-0.1, -0.05) is 0 Å². The van der Waals surface area contributed by atoms with E-state index in [9.17, 15) is 18.0 Å². The molecule has 112 valence electrons. The van der Waals surface area contributed by atoms with Gasteiger partial charge in [0.2, 0.25) is 0 Å². The molecule has 1 N–H and O–H groups in total. The highest BCUT2D eigenvalue weighted by molar-refractivity contribution is 5.68. The van der Waals surface area contributed by atoms with Gasteiger partial charge >= 0.3 is 12.1 Å². The summed E-state index contributed by atoms with van der Waals surface area (Å²) in [5.41, 5.74) is -0.347. The van der Waals surface area contributed by atoms with Crippen LogP contribution in [0.2, 0.25) is 0 Å². The minimum absolute atomic E-state index is 0.0708. The van der Waals surface area contributed by atoms with Crippen LogP contribution in [0.3, 0.4) is 0 Å². The molecular formula is C12H13F3O5. The second kappa shape index (κ2) is 6.47. The summed E-state index contributed by atoms with van der Waals surface area (Å²) >= 11 is 0. The number of hydrogen-bond acceptors (Lipinski definition) is 4. The zero-order chi connectivity index (χ0) is 15.3. The summed E-state index contributed by atoms with van der Waals surface area (Å²) < 4.78 is 53.1. The molecule has 0 aliphatic rings. The molecule has 0 aliphatic carbocycles. The lowest BCUT2D eigenvalue weighted by Crippen LogP contribution is -2.26. The van der Waals surface area contributed by atoms with E-state index in [0.717, 1.165) is 6.07 Å². The molecule has 0 aromatic heterocycles. The Bertz CT molecular complexity index is 473. The van der Waals surface area contributed by atoms with Gasteiger partial charge in [0.05, 0.1) is 14.2 Å². The van der Waals surface area contributed by atoms with Crippen molar-refractivity contribution in [2.75, 3.05) is 20.8 Å². The number of halogens is 3. The third-order valence-corrected chi connectivity index (χ3v) is 2.39. The summed E-state index contributed by atoms with van der Waals surface area (Å²) in [4.78, 5) is 10.4. The molecule has 1 aromatic carbocycles. The molecule has 1 atom stereocenters. The predicted molar refractivity (Wildman–Crippen MR) is 61.9 cm³/mol. The zero-order valence-electron chi connectivity index (χ0n) is 10.7. The second-order valence-electron chi connectivity index (χ2n) is 3.73. The lowest BCUT2D eigenvalue weighted by Gasteiger charge is -2.22. The molecule has 0 fully saturated rings. The first-order valence-corrected chi connectivity index (χ1v) is 5.41. The van der Waals surface area contributed by atoms with Gasteiger partial charge in [-0.3, -0.25) is 0 Å². The van der Waals surface area contributed by atoms with E-state index in [1.165, 1.54) is 26.4 Å². The standard InChI is InChI=1S/C12H13F3O5/c1-18-7-3-4-9(19-2)8(5-7)11(12(13,14)15)20-6-10(16)17/h3-5,11H,6H2,1-2H3,(H,16,17)/t11-/m1/s1. The second-order valence-corrected chi connectivity index (χ2v) is 3.73. The van der Waals surface area contributed by atoms with Crippen LogP contribution in [0.5, 0.6) is 11.5 Å². The number of alkyl halides is 3. The molecule has 0 unspecified atom stereocenters. The average molecular weight is 294 g/mol. The maximum Gasteiger partial charge on any atom is 0.419 e. The van der Waals surface area contributed by atoms with Gasteiger partial charge in [-0.15, -0.1) is 0 Å². The molecule has 0 heterocycles.